The molecule has 0 bridgehead atoms. The maximum Gasteiger partial charge on any atom is 0.238 e. The summed E-state index contributed by atoms with van der Waals surface area (Å²) < 4.78 is 12.8. The van der Waals surface area contributed by atoms with E-state index >= 15 is 0 Å². The largest absolute Gasteiger partial charge is 0.342 e. The summed E-state index contributed by atoms with van der Waals surface area (Å²) >= 11 is 0. The van der Waals surface area contributed by atoms with E-state index in [0.29, 0.717) is 18.8 Å². The number of carbonyl (C=O) groups excluding carboxylic acids is 2. The second kappa shape index (κ2) is 8.36. The average Bonchev–Trinajstić information content (AvgIpc) is 2.42. The van der Waals surface area contributed by atoms with Crippen molar-refractivity contribution in [1.82, 2.24) is 9.80 Å². The number of benzene rings is 1. The topological polar surface area (TPSA) is 52.7 Å². The van der Waals surface area contributed by atoms with Gasteiger partial charge in [0.05, 0.1) is 13.1 Å². The number of rotatable bonds is 7. The van der Waals surface area contributed by atoms with Gasteiger partial charge in [0.2, 0.25) is 11.8 Å². The number of anilines is 1. The third-order valence-corrected chi connectivity index (χ3v) is 3.06. The predicted octanol–water partition coefficient (Wildman–Crippen LogP) is 1.56. The van der Waals surface area contributed by atoms with Crippen molar-refractivity contribution < 1.29 is 14.0 Å². The van der Waals surface area contributed by atoms with Crippen LogP contribution in [0.1, 0.15) is 13.8 Å². The molecule has 5 nitrogen and oxygen atoms in total. The van der Waals surface area contributed by atoms with Crippen molar-refractivity contribution in [2.45, 2.75) is 13.8 Å². The molecule has 0 atom stereocenters. The van der Waals surface area contributed by atoms with E-state index in [9.17, 15) is 14.0 Å². The molecule has 0 saturated heterocycles. The number of nitrogens with zero attached hydrogens (tertiary/aromatic N) is 2. The number of hydrogen-bond acceptors (Lipinski definition) is 3. The van der Waals surface area contributed by atoms with Crippen LogP contribution in [0.15, 0.2) is 24.3 Å². The van der Waals surface area contributed by atoms with Crippen LogP contribution in [-0.4, -0.2) is 54.8 Å². The van der Waals surface area contributed by atoms with E-state index in [0.717, 1.165) is 0 Å². The molecule has 1 rings (SSSR count). The number of halogens is 1. The van der Waals surface area contributed by atoms with Crippen LogP contribution >= 0.6 is 0 Å². The first-order valence-corrected chi connectivity index (χ1v) is 6.98. The Morgan fingerprint density at radius 3 is 2.19 bits per heavy atom. The molecule has 0 radical (unpaired) electrons. The van der Waals surface area contributed by atoms with Crippen molar-refractivity contribution in [2.24, 2.45) is 0 Å². The molecule has 0 heterocycles. The first kappa shape index (κ1) is 17.1. The third kappa shape index (κ3) is 5.91. The fourth-order valence-corrected chi connectivity index (χ4v) is 1.94. The molecule has 1 N–H and O–H groups in total. The van der Waals surface area contributed by atoms with Crippen LogP contribution in [0, 0.1) is 5.82 Å². The van der Waals surface area contributed by atoms with Crippen LogP contribution in [-0.2, 0) is 9.59 Å². The van der Waals surface area contributed by atoms with Crippen molar-refractivity contribution >= 4 is 17.5 Å². The van der Waals surface area contributed by atoms with Gasteiger partial charge in [-0.3, -0.25) is 14.5 Å². The van der Waals surface area contributed by atoms with Crippen LogP contribution in [0.2, 0.25) is 0 Å². The summed E-state index contributed by atoms with van der Waals surface area (Å²) in [5.41, 5.74) is 0.532. The second-order valence-electron chi connectivity index (χ2n) is 4.79. The lowest BCUT2D eigenvalue weighted by molar-refractivity contribution is -0.132. The highest BCUT2D eigenvalue weighted by Crippen LogP contribution is 2.08. The van der Waals surface area contributed by atoms with Gasteiger partial charge < -0.3 is 10.2 Å². The molecule has 0 saturated carbocycles. The zero-order valence-corrected chi connectivity index (χ0v) is 12.7. The quantitative estimate of drug-likeness (QED) is 0.830. The molecule has 0 aliphatic heterocycles. The van der Waals surface area contributed by atoms with Gasteiger partial charge in [-0.15, -0.1) is 0 Å². The molecular weight excluding hydrogens is 273 g/mol. The van der Waals surface area contributed by atoms with Crippen molar-refractivity contribution in [3.05, 3.63) is 30.1 Å². The molecule has 0 aromatic heterocycles. The van der Waals surface area contributed by atoms with Crippen LogP contribution in [0.4, 0.5) is 10.1 Å². The molecule has 0 aliphatic rings. The Labute approximate surface area is 124 Å². The molecule has 1 aromatic carbocycles. The Bertz CT molecular complexity index is 472. The summed E-state index contributed by atoms with van der Waals surface area (Å²) in [4.78, 5) is 27.1. The first-order valence-electron chi connectivity index (χ1n) is 6.98. The van der Waals surface area contributed by atoms with Gasteiger partial charge in [0, 0.05) is 18.8 Å². The number of likely N-dealkylation sites (N-methyl/N-ethyl adjacent to an activating group) is 2. The van der Waals surface area contributed by atoms with Gasteiger partial charge in [-0.25, -0.2) is 4.39 Å². The summed E-state index contributed by atoms with van der Waals surface area (Å²) in [6.07, 6.45) is 0. The highest BCUT2D eigenvalue weighted by atomic mass is 19.1. The summed E-state index contributed by atoms with van der Waals surface area (Å²) in [5, 5.41) is 2.66. The van der Waals surface area contributed by atoms with E-state index in [1.54, 1.807) is 16.8 Å². The predicted molar refractivity (Wildman–Crippen MR) is 80.5 cm³/mol. The minimum absolute atomic E-state index is 0.00270. The zero-order valence-electron chi connectivity index (χ0n) is 12.7. The number of nitrogens with one attached hydrogen (secondary N) is 1. The normalized spacial score (nSPS) is 10.5. The van der Waals surface area contributed by atoms with E-state index < -0.39 is 0 Å². The Kier molecular flexibility index (Phi) is 6.81. The van der Waals surface area contributed by atoms with E-state index in [1.165, 1.54) is 24.3 Å². The Hall–Kier alpha value is -1.95. The molecule has 6 heteroatoms. The molecule has 116 valence electrons. The van der Waals surface area contributed by atoms with Crippen molar-refractivity contribution in [3.63, 3.8) is 0 Å². The number of hydrogen-bond donors (Lipinski definition) is 1. The van der Waals surface area contributed by atoms with Crippen LogP contribution in [0.3, 0.4) is 0 Å². The van der Waals surface area contributed by atoms with Crippen molar-refractivity contribution in [2.75, 3.05) is 38.5 Å². The fraction of sp³-hybridized carbons (Fsp3) is 0.467. The summed E-state index contributed by atoms with van der Waals surface area (Å²) in [6, 6.07) is 5.55. The monoisotopic (exact) mass is 295 g/mol. The maximum absolute atomic E-state index is 12.8. The molecule has 2 amide bonds. The zero-order chi connectivity index (χ0) is 15.8. The minimum atomic E-state index is -0.352. The highest BCUT2D eigenvalue weighted by molar-refractivity contribution is 5.92. The maximum atomic E-state index is 12.8. The molecular formula is C15H22FN3O2. The van der Waals surface area contributed by atoms with Crippen LogP contribution in [0.25, 0.3) is 0 Å². The summed E-state index contributed by atoms with van der Waals surface area (Å²) in [5.74, 6) is -0.594. The minimum Gasteiger partial charge on any atom is -0.342 e. The van der Waals surface area contributed by atoms with Crippen molar-refractivity contribution in [1.29, 1.82) is 0 Å². The summed E-state index contributed by atoms with van der Waals surface area (Å²) in [6.45, 7) is 5.45. The SMILES string of the molecule is CCN(CC)C(=O)CN(C)CC(=O)Nc1ccc(F)cc1. The van der Waals surface area contributed by atoms with E-state index in [1.807, 2.05) is 13.8 Å². The lowest BCUT2D eigenvalue weighted by atomic mass is 10.3. The molecule has 1 aromatic rings. The molecule has 21 heavy (non-hydrogen) atoms. The lowest BCUT2D eigenvalue weighted by Crippen LogP contribution is -2.41. The van der Waals surface area contributed by atoms with Crippen molar-refractivity contribution in [3.8, 4) is 0 Å². The Morgan fingerprint density at radius 2 is 1.67 bits per heavy atom. The molecule has 0 spiro atoms. The van der Waals surface area contributed by atoms with Crippen LogP contribution < -0.4 is 5.32 Å². The van der Waals surface area contributed by atoms with Gasteiger partial charge in [0.1, 0.15) is 5.82 Å². The summed E-state index contributed by atoms with van der Waals surface area (Å²) in [7, 11) is 1.71. The molecule has 0 aliphatic carbocycles. The van der Waals surface area contributed by atoms with Gasteiger partial charge in [-0.05, 0) is 45.2 Å². The average molecular weight is 295 g/mol. The standard InChI is InChI=1S/C15H22FN3O2/c1-4-19(5-2)15(21)11-18(3)10-14(20)17-13-8-6-12(16)7-9-13/h6-9H,4-5,10-11H2,1-3H3,(H,17,20). The highest BCUT2D eigenvalue weighted by Gasteiger charge is 2.14. The first-order chi connectivity index (χ1) is 9.96. The third-order valence-electron chi connectivity index (χ3n) is 3.06. The number of carbonyl (C=O) groups is 2. The van der Waals surface area contributed by atoms with E-state index in [-0.39, 0.29) is 30.7 Å². The second-order valence-corrected chi connectivity index (χ2v) is 4.79. The van der Waals surface area contributed by atoms with E-state index in [4.69, 9.17) is 0 Å². The molecule has 0 unspecified atom stereocenters. The Balaban J connectivity index is 2.43. The van der Waals surface area contributed by atoms with Gasteiger partial charge >= 0.3 is 0 Å². The van der Waals surface area contributed by atoms with Crippen LogP contribution in [0.5, 0.6) is 0 Å². The molecule has 0 fully saturated rings. The van der Waals surface area contributed by atoms with Gasteiger partial charge in [0.25, 0.3) is 0 Å². The Morgan fingerprint density at radius 1 is 1.10 bits per heavy atom. The fourth-order valence-electron chi connectivity index (χ4n) is 1.94. The van der Waals surface area contributed by atoms with Gasteiger partial charge in [-0.1, -0.05) is 0 Å². The van der Waals surface area contributed by atoms with E-state index in [2.05, 4.69) is 5.32 Å². The van der Waals surface area contributed by atoms with Gasteiger partial charge in [0.15, 0.2) is 0 Å². The lowest BCUT2D eigenvalue weighted by Gasteiger charge is -2.22. The number of amides is 2. The van der Waals surface area contributed by atoms with Gasteiger partial charge in [-0.2, -0.15) is 0 Å². The smallest absolute Gasteiger partial charge is 0.238 e.